The standard InChI is InChI=1S/C13H11FN2O3S/c1-15-13(19)16-11-8(12(17)18)6-10(20-11)7-4-2-3-5-9(7)14/h2-6H,1H3,(H,17,18)(H2,15,16,19). The van der Waals surface area contributed by atoms with Gasteiger partial charge in [-0.05, 0) is 12.1 Å². The predicted octanol–water partition coefficient (Wildman–Crippen LogP) is 3.00. The number of carbonyl (C=O) groups is 2. The third-order valence-electron chi connectivity index (χ3n) is 2.56. The highest BCUT2D eigenvalue weighted by molar-refractivity contribution is 7.20. The van der Waals surface area contributed by atoms with Crippen LogP contribution in [0.25, 0.3) is 10.4 Å². The number of hydrogen-bond donors (Lipinski definition) is 3. The Labute approximate surface area is 118 Å². The number of aromatic carboxylic acids is 1. The lowest BCUT2D eigenvalue weighted by molar-refractivity contribution is 0.0698. The Bertz CT molecular complexity index is 669. The highest BCUT2D eigenvalue weighted by atomic mass is 32.1. The Balaban J connectivity index is 2.47. The second-order valence-corrected chi connectivity index (χ2v) is 4.89. The van der Waals surface area contributed by atoms with Crippen molar-refractivity contribution in [2.45, 2.75) is 0 Å². The number of hydrogen-bond acceptors (Lipinski definition) is 3. The highest BCUT2D eigenvalue weighted by Crippen LogP contribution is 2.36. The van der Waals surface area contributed by atoms with Crippen molar-refractivity contribution in [2.24, 2.45) is 0 Å². The molecule has 0 aliphatic heterocycles. The largest absolute Gasteiger partial charge is 0.478 e. The molecule has 5 nitrogen and oxygen atoms in total. The molecule has 1 heterocycles. The van der Waals surface area contributed by atoms with Crippen LogP contribution >= 0.6 is 11.3 Å². The van der Waals surface area contributed by atoms with Gasteiger partial charge in [-0.2, -0.15) is 0 Å². The number of amides is 2. The van der Waals surface area contributed by atoms with E-state index in [9.17, 15) is 14.0 Å². The molecule has 0 aliphatic carbocycles. The smallest absolute Gasteiger partial charge is 0.338 e. The van der Waals surface area contributed by atoms with Gasteiger partial charge < -0.3 is 10.4 Å². The SMILES string of the molecule is CNC(=O)Nc1sc(-c2ccccc2F)cc1C(=O)O. The average molecular weight is 294 g/mol. The van der Waals surface area contributed by atoms with Crippen molar-refractivity contribution in [1.82, 2.24) is 5.32 Å². The Morgan fingerprint density at radius 1 is 1.30 bits per heavy atom. The van der Waals surface area contributed by atoms with Crippen LogP contribution in [0.1, 0.15) is 10.4 Å². The van der Waals surface area contributed by atoms with E-state index < -0.39 is 17.8 Å². The lowest BCUT2D eigenvalue weighted by Gasteiger charge is -2.02. The summed E-state index contributed by atoms with van der Waals surface area (Å²) in [6.45, 7) is 0. The van der Waals surface area contributed by atoms with Crippen molar-refractivity contribution in [1.29, 1.82) is 0 Å². The van der Waals surface area contributed by atoms with E-state index in [0.717, 1.165) is 11.3 Å². The van der Waals surface area contributed by atoms with E-state index in [4.69, 9.17) is 5.11 Å². The summed E-state index contributed by atoms with van der Waals surface area (Å²) in [7, 11) is 1.42. The van der Waals surface area contributed by atoms with Gasteiger partial charge in [0.2, 0.25) is 0 Å². The number of urea groups is 1. The Morgan fingerprint density at radius 2 is 2.00 bits per heavy atom. The lowest BCUT2D eigenvalue weighted by atomic mass is 10.1. The highest BCUT2D eigenvalue weighted by Gasteiger charge is 2.18. The topological polar surface area (TPSA) is 78.4 Å². The van der Waals surface area contributed by atoms with Crippen LogP contribution in [-0.2, 0) is 0 Å². The summed E-state index contributed by atoms with van der Waals surface area (Å²) < 4.78 is 13.7. The molecule has 2 amide bonds. The summed E-state index contributed by atoms with van der Waals surface area (Å²) in [5.74, 6) is -1.63. The monoisotopic (exact) mass is 294 g/mol. The Kier molecular flexibility index (Phi) is 3.99. The summed E-state index contributed by atoms with van der Waals surface area (Å²) >= 11 is 1.01. The molecule has 0 spiro atoms. The number of halogens is 1. The van der Waals surface area contributed by atoms with Gasteiger partial charge in [-0.15, -0.1) is 11.3 Å². The molecule has 2 rings (SSSR count). The van der Waals surface area contributed by atoms with Crippen LogP contribution in [0.2, 0.25) is 0 Å². The number of carbonyl (C=O) groups excluding carboxylic acids is 1. The number of carboxylic acid groups (broad SMARTS) is 1. The molecule has 0 bridgehead atoms. The van der Waals surface area contributed by atoms with Crippen molar-refractivity contribution in [3.63, 3.8) is 0 Å². The fourth-order valence-corrected chi connectivity index (χ4v) is 2.67. The van der Waals surface area contributed by atoms with Crippen LogP contribution < -0.4 is 10.6 Å². The number of thiophene rings is 1. The number of anilines is 1. The van der Waals surface area contributed by atoms with Gasteiger partial charge in [0.15, 0.2) is 0 Å². The molecule has 1 aromatic heterocycles. The zero-order valence-electron chi connectivity index (χ0n) is 10.4. The van der Waals surface area contributed by atoms with E-state index in [0.29, 0.717) is 10.4 Å². The fraction of sp³-hybridized carbons (Fsp3) is 0.0769. The molecule has 104 valence electrons. The van der Waals surface area contributed by atoms with Crippen molar-refractivity contribution in [2.75, 3.05) is 12.4 Å². The van der Waals surface area contributed by atoms with Crippen LogP contribution in [-0.4, -0.2) is 24.2 Å². The summed E-state index contributed by atoms with van der Waals surface area (Å²) in [5.41, 5.74) is 0.224. The fourth-order valence-electron chi connectivity index (χ4n) is 1.60. The van der Waals surface area contributed by atoms with Gasteiger partial charge in [-0.1, -0.05) is 18.2 Å². The number of rotatable bonds is 3. The molecular weight excluding hydrogens is 283 g/mol. The predicted molar refractivity (Wildman–Crippen MR) is 74.8 cm³/mol. The normalized spacial score (nSPS) is 10.1. The molecule has 0 fully saturated rings. The first kappa shape index (κ1) is 14.0. The molecule has 3 N–H and O–H groups in total. The minimum Gasteiger partial charge on any atom is -0.478 e. The summed E-state index contributed by atoms with van der Waals surface area (Å²) in [6.07, 6.45) is 0. The maximum atomic E-state index is 13.7. The van der Waals surface area contributed by atoms with Gasteiger partial charge in [-0.25, -0.2) is 14.0 Å². The van der Waals surface area contributed by atoms with Crippen molar-refractivity contribution in [3.8, 4) is 10.4 Å². The van der Waals surface area contributed by atoms with Crippen LogP contribution in [0.3, 0.4) is 0 Å². The van der Waals surface area contributed by atoms with E-state index in [2.05, 4.69) is 10.6 Å². The quantitative estimate of drug-likeness (QED) is 0.814. The van der Waals surface area contributed by atoms with E-state index in [1.807, 2.05) is 0 Å². The first-order valence-electron chi connectivity index (χ1n) is 5.63. The maximum absolute atomic E-state index is 13.7. The number of nitrogens with one attached hydrogen (secondary N) is 2. The van der Waals surface area contributed by atoms with E-state index in [1.54, 1.807) is 18.2 Å². The molecule has 20 heavy (non-hydrogen) atoms. The van der Waals surface area contributed by atoms with Crippen LogP contribution in [0, 0.1) is 5.82 Å². The molecular formula is C13H11FN2O3S. The first-order chi connectivity index (χ1) is 9.52. The van der Waals surface area contributed by atoms with Gasteiger partial charge in [0.25, 0.3) is 0 Å². The van der Waals surface area contributed by atoms with E-state index in [-0.39, 0.29) is 10.6 Å². The Hall–Kier alpha value is -2.41. The van der Waals surface area contributed by atoms with Gasteiger partial charge in [0.05, 0.1) is 5.56 Å². The molecule has 1 aromatic carbocycles. The Morgan fingerprint density at radius 3 is 2.60 bits per heavy atom. The second-order valence-electron chi connectivity index (χ2n) is 3.84. The maximum Gasteiger partial charge on any atom is 0.338 e. The zero-order valence-corrected chi connectivity index (χ0v) is 11.3. The van der Waals surface area contributed by atoms with Gasteiger partial charge in [0, 0.05) is 17.5 Å². The molecule has 0 unspecified atom stereocenters. The van der Waals surface area contributed by atoms with Gasteiger partial charge in [0.1, 0.15) is 10.8 Å². The average Bonchev–Trinajstić information content (AvgIpc) is 2.83. The van der Waals surface area contributed by atoms with Crippen LogP contribution in [0.5, 0.6) is 0 Å². The van der Waals surface area contributed by atoms with Crippen molar-refractivity contribution in [3.05, 3.63) is 41.7 Å². The molecule has 0 radical (unpaired) electrons. The number of benzene rings is 1. The molecule has 0 saturated carbocycles. The van der Waals surface area contributed by atoms with E-state index >= 15 is 0 Å². The van der Waals surface area contributed by atoms with Crippen molar-refractivity contribution >= 4 is 28.3 Å². The van der Waals surface area contributed by atoms with Crippen LogP contribution in [0.4, 0.5) is 14.2 Å². The summed E-state index contributed by atoms with van der Waals surface area (Å²) in [4.78, 5) is 22.9. The molecule has 0 saturated heterocycles. The molecule has 7 heteroatoms. The molecule has 0 atom stereocenters. The molecule has 0 aliphatic rings. The summed E-state index contributed by atoms with van der Waals surface area (Å²) in [5, 5.41) is 14.0. The van der Waals surface area contributed by atoms with Crippen molar-refractivity contribution < 1.29 is 19.1 Å². The lowest BCUT2D eigenvalue weighted by Crippen LogP contribution is -2.24. The second kappa shape index (κ2) is 5.70. The van der Waals surface area contributed by atoms with E-state index in [1.165, 1.54) is 19.2 Å². The summed E-state index contributed by atoms with van der Waals surface area (Å²) in [6, 6.07) is 6.86. The molecule has 2 aromatic rings. The number of carboxylic acids is 1. The van der Waals surface area contributed by atoms with Gasteiger partial charge >= 0.3 is 12.0 Å². The minimum absolute atomic E-state index is 0.0724. The third-order valence-corrected chi connectivity index (χ3v) is 3.64. The third kappa shape index (κ3) is 2.77. The first-order valence-corrected chi connectivity index (χ1v) is 6.45. The van der Waals surface area contributed by atoms with Crippen LogP contribution in [0.15, 0.2) is 30.3 Å². The zero-order chi connectivity index (χ0) is 14.7. The van der Waals surface area contributed by atoms with Gasteiger partial charge in [-0.3, -0.25) is 5.32 Å². The minimum atomic E-state index is -1.18.